The van der Waals surface area contributed by atoms with Gasteiger partial charge in [0.25, 0.3) is 0 Å². The van der Waals surface area contributed by atoms with Crippen LogP contribution in [0.5, 0.6) is 11.5 Å². The maximum atomic E-state index is 12.5. The molecule has 0 saturated carbocycles. The molecule has 5 nitrogen and oxygen atoms in total. The third-order valence-corrected chi connectivity index (χ3v) is 4.87. The molecule has 3 rings (SSSR count). The normalized spacial score (nSPS) is 20.8. The predicted octanol–water partition coefficient (Wildman–Crippen LogP) is 2.76. The number of piperidine rings is 1. The van der Waals surface area contributed by atoms with Gasteiger partial charge in [0.05, 0.1) is 0 Å². The van der Waals surface area contributed by atoms with E-state index >= 15 is 0 Å². The molecule has 1 saturated heterocycles. The van der Waals surface area contributed by atoms with Gasteiger partial charge in [0.1, 0.15) is 0 Å². The maximum Gasteiger partial charge on any atom is 0.246 e. The summed E-state index contributed by atoms with van der Waals surface area (Å²) in [6.07, 6.45) is 5.70. The van der Waals surface area contributed by atoms with Crippen LogP contribution in [0.1, 0.15) is 32.3 Å². The van der Waals surface area contributed by atoms with E-state index in [-0.39, 0.29) is 18.7 Å². The van der Waals surface area contributed by atoms with Crippen molar-refractivity contribution in [1.82, 2.24) is 9.80 Å². The Kier molecular flexibility index (Phi) is 5.09. The van der Waals surface area contributed by atoms with Crippen LogP contribution in [-0.4, -0.2) is 54.7 Å². The minimum Gasteiger partial charge on any atom is -0.454 e. The molecule has 2 heterocycles. The number of carbonyl (C=O) groups is 1. The lowest BCUT2D eigenvalue weighted by atomic mass is 10.0. The fourth-order valence-corrected chi connectivity index (χ4v) is 3.25. The van der Waals surface area contributed by atoms with Gasteiger partial charge in [0, 0.05) is 31.8 Å². The van der Waals surface area contributed by atoms with Gasteiger partial charge in [0.2, 0.25) is 12.7 Å². The van der Waals surface area contributed by atoms with Gasteiger partial charge in [-0.05, 0) is 57.0 Å². The van der Waals surface area contributed by atoms with Crippen LogP contribution in [0.25, 0.3) is 6.08 Å². The van der Waals surface area contributed by atoms with Crippen molar-refractivity contribution in [3.05, 3.63) is 29.8 Å². The molecule has 2 aliphatic rings. The van der Waals surface area contributed by atoms with Crippen molar-refractivity contribution in [2.24, 2.45) is 0 Å². The van der Waals surface area contributed by atoms with Gasteiger partial charge in [-0.1, -0.05) is 6.07 Å². The molecule has 0 spiro atoms. The summed E-state index contributed by atoms with van der Waals surface area (Å²) < 4.78 is 10.7. The van der Waals surface area contributed by atoms with E-state index in [0.29, 0.717) is 6.04 Å². The first-order valence-corrected chi connectivity index (χ1v) is 8.63. The number of amides is 1. The molecule has 1 aromatic carbocycles. The van der Waals surface area contributed by atoms with Gasteiger partial charge in [0.15, 0.2) is 11.5 Å². The molecule has 1 aromatic rings. The fourth-order valence-electron chi connectivity index (χ4n) is 3.25. The minimum absolute atomic E-state index is 0.0447. The highest BCUT2D eigenvalue weighted by Gasteiger charge is 2.26. The van der Waals surface area contributed by atoms with Crippen molar-refractivity contribution < 1.29 is 14.3 Å². The molecule has 0 bridgehead atoms. The van der Waals surface area contributed by atoms with Crippen molar-refractivity contribution >= 4 is 12.0 Å². The van der Waals surface area contributed by atoms with Gasteiger partial charge < -0.3 is 14.4 Å². The third kappa shape index (κ3) is 3.73. The smallest absolute Gasteiger partial charge is 0.246 e. The zero-order valence-corrected chi connectivity index (χ0v) is 14.7. The molecule has 1 amide bonds. The molecular weight excluding hydrogens is 304 g/mol. The lowest BCUT2D eigenvalue weighted by molar-refractivity contribution is -0.127. The molecule has 0 N–H and O–H groups in total. The second kappa shape index (κ2) is 7.26. The highest BCUT2D eigenvalue weighted by Crippen LogP contribution is 2.32. The van der Waals surface area contributed by atoms with Gasteiger partial charge in [-0.2, -0.15) is 0 Å². The van der Waals surface area contributed by atoms with E-state index in [1.807, 2.05) is 36.2 Å². The van der Waals surface area contributed by atoms with Crippen LogP contribution < -0.4 is 9.47 Å². The Hall–Kier alpha value is -2.01. The summed E-state index contributed by atoms with van der Waals surface area (Å²) in [5.41, 5.74) is 0.938. The average Bonchev–Trinajstić information content (AvgIpc) is 3.06. The van der Waals surface area contributed by atoms with Crippen molar-refractivity contribution in [2.45, 2.75) is 38.8 Å². The van der Waals surface area contributed by atoms with Gasteiger partial charge >= 0.3 is 0 Å². The van der Waals surface area contributed by atoms with E-state index in [2.05, 4.69) is 18.7 Å². The van der Waals surface area contributed by atoms with Crippen molar-refractivity contribution in [1.29, 1.82) is 0 Å². The summed E-state index contributed by atoms with van der Waals surface area (Å²) in [4.78, 5) is 16.8. The maximum absolute atomic E-state index is 12.5. The Balaban J connectivity index is 1.61. The Bertz CT molecular complexity index is 627. The summed E-state index contributed by atoms with van der Waals surface area (Å²) in [5.74, 6) is 1.53. The number of nitrogens with zero attached hydrogens (tertiary/aromatic N) is 2. The summed E-state index contributed by atoms with van der Waals surface area (Å²) in [6.45, 7) is 6.77. The zero-order chi connectivity index (χ0) is 17.1. The summed E-state index contributed by atoms with van der Waals surface area (Å²) >= 11 is 0. The standard InChI is InChI=1S/C19H26N2O3/c1-14(2)21-10-4-5-16(12-21)20(3)19(22)9-7-15-6-8-17-18(11-15)24-13-23-17/h6-9,11,14,16H,4-5,10,12-13H2,1-3H3. The molecule has 0 aliphatic carbocycles. The van der Waals surface area contributed by atoms with Gasteiger partial charge in [-0.15, -0.1) is 0 Å². The summed E-state index contributed by atoms with van der Waals surface area (Å²) in [7, 11) is 1.90. The number of hydrogen-bond donors (Lipinski definition) is 0. The Morgan fingerprint density at radius 2 is 2.12 bits per heavy atom. The SMILES string of the molecule is CC(C)N1CCCC(N(C)C(=O)C=Cc2ccc3c(c2)OCO3)C1. The first kappa shape index (κ1) is 16.8. The number of fused-ring (bicyclic) bond motifs is 1. The second-order valence-corrected chi connectivity index (χ2v) is 6.78. The monoisotopic (exact) mass is 330 g/mol. The molecule has 1 atom stereocenters. The second-order valence-electron chi connectivity index (χ2n) is 6.78. The predicted molar refractivity (Wildman–Crippen MR) is 94.1 cm³/mol. The molecule has 5 heteroatoms. The van der Waals surface area contributed by atoms with Gasteiger partial charge in [-0.3, -0.25) is 9.69 Å². The van der Waals surface area contributed by atoms with Crippen LogP contribution in [0.3, 0.4) is 0 Å². The van der Waals surface area contributed by atoms with Crippen LogP contribution in [0.4, 0.5) is 0 Å². The Labute approximate surface area is 143 Å². The number of ether oxygens (including phenoxy) is 2. The molecule has 1 fully saturated rings. The van der Waals surface area contributed by atoms with E-state index in [4.69, 9.17) is 9.47 Å². The van der Waals surface area contributed by atoms with Crippen LogP contribution in [-0.2, 0) is 4.79 Å². The van der Waals surface area contributed by atoms with E-state index < -0.39 is 0 Å². The molecule has 0 radical (unpaired) electrons. The molecule has 130 valence electrons. The largest absolute Gasteiger partial charge is 0.454 e. The molecular formula is C19H26N2O3. The zero-order valence-electron chi connectivity index (χ0n) is 14.7. The Morgan fingerprint density at radius 1 is 1.33 bits per heavy atom. The highest BCUT2D eigenvalue weighted by molar-refractivity contribution is 5.92. The topological polar surface area (TPSA) is 42.0 Å². The molecule has 24 heavy (non-hydrogen) atoms. The van der Waals surface area contributed by atoms with E-state index in [1.54, 1.807) is 6.08 Å². The highest BCUT2D eigenvalue weighted by atomic mass is 16.7. The quantitative estimate of drug-likeness (QED) is 0.796. The van der Waals surface area contributed by atoms with Crippen LogP contribution >= 0.6 is 0 Å². The Morgan fingerprint density at radius 3 is 2.92 bits per heavy atom. The molecule has 1 unspecified atom stereocenters. The van der Waals surface area contributed by atoms with Crippen molar-refractivity contribution in [3.8, 4) is 11.5 Å². The number of rotatable bonds is 4. The molecule has 2 aliphatic heterocycles. The lowest BCUT2D eigenvalue weighted by Crippen LogP contribution is -2.50. The van der Waals surface area contributed by atoms with E-state index in [0.717, 1.165) is 43.0 Å². The van der Waals surface area contributed by atoms with Crippen LogP contribution in [0, 0.1) is 0 Å². The number of benzene rings is 1. The number of carbonyl (C=O) groups excluding carboxylic acids is 1. The van der Waals surface area contributed by atoms with Crippen molar-refractivity contribution in [3.63, 3.8) is 0 Å². The number of hydrogen-bond acceptors (Lipinski definition) is 4. The average molecular weight is 330 g/mol. The van der Waals surface area contributed by atoms with Crippen LogP contribution in [0.2, 0.25) is 0 Å². The first-order chi connectivity index (χ1) is 11.5. The summed E-state index contributed by atoms with van der Waals surface area (Å²) in [5, 5.41) is 0. The van der Waals surface area contributed by atoms with Crippen molar-refractivity contribution in [2.75, 3.05) is 26.9 Å². The fraction of sp³-hybridized carbons (Fsp3) is 0.526. The third-order valence-electron chi connectivity index (χ3n) is 4.87. The summed E-state index contributed by atoms with van der Waals surface area (Å²) in [6, 6.07) is 6.51. The number of likely N-dealkylation sites (N-methyl/N-ethyl adjacent to an activating group) is 1. The van der Waals surface area contributed by atoms with E-state index in [9.17, 15) is 4.79 Å². The van der Waals surface area contributed by atoms with E-state index in [1.165, 1.54) is 0 Å². The number of likely N-dealkylation sites (tertiary alicyclic amines) is 1. The molecule has 0 aromatic heterocycles. The van der Waals surface area contributed by atoms with Crippen LogP contribution in [0.15, 0.2) is 24.3 Å². The van der Waals surface area contributed by atoms with Gasteiger partial charge in [-0.25, -0.2) is 0 Å². The lowest BCUT2D eigenvalue weighted by Gasteiger charge is -2.39. The minimum atomic E-state index is 0.0447. The first-order valence-electron chi connectivity index (χ1n) is 8.63.